The Hall–Kier alpha value is -3.31. The SMILES string of the molecule is C[C@@H](OC(=O)CSc1nc2ccccc2o1)C(=O)N(CCC#N)c1ccccc1. The lowest BCUT2D eigenvalue weighted by atomic mass is 10.2. The van der Waals surface area contributed by atoms with Crippen LogP contribution in [0.2, 0.25) is 0 Å². The summed E-state index contributed by atoms with van der Waals surface area (Å²) in [4.78, 5) is 30.7. The third kappa shape index (κ3) is 5.36. The van der Waals surface area contributed by atoms with Crippen molar-refractivity contribution in [2.24, 2.45) is 0 Å². The first-order valence-electron chi connectivity index (χ1n) is 8.99. The van der Waals surface area contributed by atoms with Gasteiger partial charge in [-0.25, -0.2) is 4.98 Å². The summed E-state index contributed by atoms with van der Waals surface area (Å²) in [6, 6.07) is 18.3. The molecule has 3 aromatic rings. The molecule has 1 heterocycles. The maximum Gasteiger partial charge on any atom is 0.317 e. The number of rotatable bonds is 8. The smallest absolute Gasteiger partial charge is 0.317 e. The van der Waals surface area contributed by atoms with Gasteiger partial charge in [0.25, 0.3) is 11.1 Å². The van der Waals surface area contributed by atoms with Gasteiger partial charge in [0.15, 0.2) is 11.7 Å². The zero-order valence-electron chi connectivity index (χ0n) is 15.8. The van der Waals surface area contributed by atoms with E-state index in [2.05, 4.69) is 4.98 Å². The Morgan fingerprint density at radius 3 is 2.66 bits per heavy atom. The highest BCUT2D eigenvalue weighted by Crippen LogP contribution is 2.23. The average Bonchev–Trinajstić information content (AvgIpc) is 3.16. The van der Waals surface area contributed by atoms with Gasteiger partial charge in [0, 0.05) is 12.2 Å². The number of oxazole rings is 1. The largest absolute Gasteiger partial charge is 0.452 e. The summed E-state index contributed by atoms with van der Waals surface area (Å²) in [7, 11) is 0. The lowest BCUT2D eigenvalue weighted by Crippen LogP contribution is -2.41. The Labute approximate surface area is 172 Å². The summed E-state index contributed by atoms with van der Waals surface area (Å²) >= 11 is 1.11. The highest BCUT2D eigenvalue weighted by atomic mass is 32.2. The number of hydrogen-bond acceptors (Lipinski definition) is 7. The van der Waals surface area contributed by atoms with E-state index in [1.165, 1.54) is 11.8 Å². The number of benzene rings is 2. The van der Waals surface area contributed by atoms with Gasteiger partial charge in [-0.1, -0.05) is 42.1 Å². The molecule has 0 saturated carbocycles. The quantitative estimate of drug-likeness (QED) is 0.412. The minimum atomic E-state index is -0.981. The van der Waals surface area contributed by atoms with Crippen LogP contribution in [0.25, 0.3) is 11.1 Å². The van der Waals surface area contributed by atoms with E-state index in [-0.39, 0.29) is 24.6 Å². The molecule has 1 aromatic heterocycles. The Balaban J connectivity index is 1.58. The fourth-order valence-electron chi connectivity index (χ4n) is 2.67. The molecule has 0 unspecified atom stereocenters. The molecule has 8 heteroatoms. The number of carbonyl (C=O) groups excluding carboxylic acids is 2. The van der Waals surface area contributed by atoms with Gasteiger partial charge in [-0.3, -0.25) is 9.59 Å². The van der Waals surface area contributed by atoms with Crippen molar-refractivity contribution in [2.75, 3.05) is 17.2 Å². The van der Waals surface area contributed by atoms with E-state index in [9.17, 15) is 9.59 Å². The van der Waals surface area contributed by atoms with Crippen molar-refractivity contribution >= 4 is 40.4 Å². The molecule has 2 aromatic carbocycles. The predicted molar refractivity (Wildman–Crippen MR) is 109 cm³/mol. The molecule has 1 amide bonds. The highest BCUT2D eigenvalue weighted by Gasteiger charge is 2.25. The van der Waals surface area contributed by atoms with Crippen molar-refractivity contribution in [1.29, 1.82) is 5.26 Å². The van der Waals surface area contributed by atoms with E-state index in [1.54, 1.807) is 30.3 Å². The molecule has 0 spiro atoms. The molecule has 0 saturated heterocycles. The first kappa shape index (κ1) is 20.4. The normalized spacial score (nSPS) is 11.6. The molecule has 0 aliphatic heterocycles. The fourth-order valence-corrected chi connectivity index (χ4v) is 3.29. The molecule has 29 heavy (non-hydrogen) atoms. The van der Waals surface area contributed by atoms with Crippen LogP contribution < -0.4 is 4.90 Å². The lowest BCUT2D eigenvalue weighted by molar-refractivity contribution is -0.151. The molecular formula is C21H19N3O4S. The first-order chi connectivity index (χ1) is 14.1. The maximum absolute atomic E-state index is 12.8. The van der Waals surface area contributed by atoms with Crippen molar-refractivity contribution in [2.45, 2.75) is 24.7 Å². The van der Waals surface area contributed by atoms with Gasteiger partial charge in [-0.15, -0.1) is 0 Å². The van der Waals surface area contributed by atoms with Gasteiger partial charge in [0.1, 0.15) is 11.3 Å². The second kappa shape index (κ2) is 9.75. The average molecular weight is 409 g/mol. The summed E-state index contributed by atoms with van der Waals surface area (Å²) in [6.45, 7) is 1.74. The Bertz CT molecular complexity index is 996. The number of aromatic nitrogens is 1. The van der Waals surface area contributed by atoms with Crippen LogP contribution in [0.15, 0.2) is 64.2 Å². The second-order valence-corrected chi connectivity index (χ2v) is 7.03. The number of thioether (sulfide) groups is 1. The number of ether oxygens (including phenoxy) is 1. The summed E-state index contributed by atoms with van der Waals surface area (Å²) in [5, 5.41) is 9.23. The van der Waals surface area contributed by atoms with Crippen LogP contribution in [-0.4, -0.2) is 35.3 Å². The minimum Gasteiger partial charge on any atom is -0.452 e. The molecule has 0 N–H and O–H groups in total. The fraction of sp³-hybridized carbons (Fsp3) is 0.238. The van der Waals surface area contributed by atoms with Crippen LogP contribution in [0, 0.1) is 11.3 Å². The number of fused-ring (bicyclic) bond motifs is 1. The molecule has 3 rings (SSSR count). The number of amides is 1. The van der Waals surface area contributed by atoms with E-state index in [0.29, 0.717) is 22.0 Å². The third-order valence-corrected chi connectivity index (χ3v) is 4.83. The number of nitrogens with zero attached hydrogens (tertiary/aromatic N) is 3. The van der Waals surface area contributed by atoms with Crippen molar-refractivity contribution in [3.05, 3.63) is 54.6 Å². The molecule has 0 aliphatic carbocycles. The van der Waals surface area contributed by atoms with E-state index in [4.69, 9.17) is 14.4 Å². The van der Waals surface area contributed by atoms with Crippen molar-refractivity contribution in [3.8, 4) is 6.07 Å². The van der Waals surface area contributed by atoms with Crippen LogP contribution in [0.4, 0.5) is 5.69 Å². The Morgan fingerprint density at radius 2 is 1.93 bits per heavy atom. The van der Waals surface area contributed by atoms with Crippen molar-refractivity contribution in [3.63, 3.8) is 0 Å². The van der Waals surface area contributed by atoms with Crippen LogP contribution in [-0.2, 0) is 14.3 Å². The molecule has 0 bridgehead atoms. The van der Waals surface area contributed by atoms with Gasteiger partial charge in [-0.2, -0.15) is 5.26 Å². The zero-order valence-corrected chi connectivity index (χ0v) is 16.6. The molecular weight excluding hydrogens is 390 g/mol. The molecule has 0 fully saturated rings. The van der Waals surface area contributed by atoms with Crippen molar-refractivity contribution in [1.82, 2.24) is 4.98 Å². The Kier molecular flexibility index (Phi) is 6.87. The molecule has 7 nitrogen and oxygen atoms in total. The van der Waals surface area contributed by atoms with Gasteiger partial charge in [0.05, 0.1) is 12.5 Å². The third-order valence-electron chi connectivity index (χ3n) is 4.02. The van der Waals surface area contributed by atoms with E-state index < -0.39 is 12.1 Å². The molecule has 148 valence electrons. The van der Waals surface area contributed by atoms with Gasteiger partial charge < -0.3 is 14.1 Å². The monoisotopic (exact) mass is 409 g/mol. The number of esters is 1. The lowest BCUT2D eigenvalue weighted by Gasteiger charge is -2.25. The number of nitriles is 1. The van der Waals surface area contributed by atoms with Gasteiger partial charge in [-0.05, 0) is 31.2 Å². The molecule has 1 atom stereocenters. The second-order valence-electron chi connectivity index (χ2n) is 6.10. The van der Waals surface area contributed by atoms with E-state index in [0.717, 1.165) is 11.8 Å². The summed E-state index contributed by atoms with van der Waals surface area (Å²) in [5.41, 5.74) is 2.00. The number of carbonyl (C=O) groups is 2. The number of anilines is 1. The van der Waals surface area contributed by atoms with Crippen LogP contribution >= 0.6 is 11.8 Å². The number of hydrogen-bond donors (Lipinski definition) is 0. The van der Waals surface area contributed by atoms with Crippen molar-refractivity contribution < 1.29 is 18.7 Å². The van der Waals surface area contributed by atoms with E-state index >= 15 is 0 Å². The summed E-state index contributed by atoms with van der Waals surface area (Å²) < 4.78 is 10.8. The topological polar surface area (TPSA) is 96.4 Å². The Morgan fingerprint density at radius 1 is 1.21 bits per heavy atom. The highest BCUT2D eigenvalue weighted by molar-refractivity contribution is 7.99. The molecule has 0 radical (unpaired) electrons. The van der Waals surface area contributed by atoms with Crippen LogP contribution in [0.1, 0.15) is 13.3 Å². The summed E-state index contributed by atoms with van der Waals surface area (Å²) in [6.07, 6.45) is -0.805. The van der Waals surface area contributed by atoms with Gasteiger partial charge in [0.2, 0.25) is 0 Å². The maximum atomic E-state index is 12.8. The zero-order chi connectivity index (χ0) is 20.6. The first-order valence-corrected chi connectivity index (χ1v) is 9.98. The standard InChI is InChI=1S/C21H19N3O4S/c1-15(20(26)24(13-7-12-22)16-8-3-2-4-9-16)27-19(25)14-29-21-23-17-10-5-6-11-18(17)28-21/h2-6,8-11,15H,7,13-14H2,1H3/t15-/m1/s1. The molecule has 0 aliphatic rings. The number of para-hydroxylation sites is 3. The minimum absolute atomic E-state index is 0.0338. The predicted octanol–water partition coefficient (Wildman–Crippen LogP) is 3.80. The van der Waals surface area contributed by atoms with Crippen LogP contribution in [0.3, 0.4) is 0 Å². The summed E-state index contributed by atoms with van der Waals surface area (Å²) in [5.74, 6) is -0.966. The van der Waals surface area contributed by atoms with E-state index in [1.807, 2.05) is 30.3 Å². The van der Waals surface area contributed by atoms with Crippen LogP contribution in [0.5, 0.6) is 0 Å². The van der Waals surface area contributed by atoms with Gasteiger partial charge >= 0.3 is 5.97 Å².